The lowest BCUT2D eigenvalue weighted by Crippen LogP contribution is -2.51. The number of carbonyl (C=O) groups excluding carboxylic acids is 3. The molecule has 3 aliphatic heterocycles. The predicted octanol–water partition coefficient (Wildman–Crippen LogP) is 6.90. The Morgan fingerprint density at radius 3 is 2.27 bits per heavy atom. The largest absolute Gasteiger partial charge is 0.453 e. The molecule has 0 unspecified atom stereocenters. The van der Waals surface area contributed by atoms with Crippen LogP contribution in [-0.4, -0.2) is 86.1 Å². The number of nitrogens with one attached hydrogen (secondary N) is 3. The standard InChI is InChI=1S/C44H53N7O5/c1-26(2)28(5)40(52)50-24-43(17-18-43)21-35(50)38-45-23-34(48-38)31-13-10-29(11-14-31)8-9-30-12-15-32-33(20-30)47-39(46-32)36-22-44(16-7-19-56-44)25-51(36)41(53)37(27(3)4)49-42(54)55-6/h10-15,20,23,26-28,35-37H,7,16-19,21-22,24-25H2,1-6H3,(H,45,48)(H,46,47)(H,49,54)/t28-,35-,36-,37-,44-/m0/s1. The van der Waals surface area contributed by atoms with Gasteiger partial charge in [0.2, 0.25) is 11.8 Å². The van der Waals surface area contributed by atoms with Gasteiger partial charge in [0.1, 0.15) is 17.7 Å². The van der Waals surface area contributed by atoms with Crippen molar-refractivity contribution in [2.45, 2.75) is 96.9 Å². The molecule has 2 aromatic heterocycles. The van der Waals surface area contributed by atoms with Crippen LogP contribution in [-0.2, 0) is 19.1 Å². The first-order valence-corrected chi connectivity index (χ1v) is 20.1. The molecule has 0 bridgehead atoms. The molecule has 294 valence electrons. The molecule has 1 saturated carbocycles. The second-order valence-electron chi connectivity index (χ2n) is 17.3. The second-order valence-corrected chi connectivity index (χ2v) is 17.3. The second kappa shape index (κ2) is 14.7. The summed E-state index contributed by atoms with van der Waals surface area (Å²) in [7, 11) is 1.30. The Morgan fingerprint density at radius 1 is 0.875 bits per heavy atom. The molecule has 4 aromatic rings. The lowest BCUT2D eigenvalue weighted by atomic mass is 9.96. The highest BCUT2D eigenvalue weighted by molar-refractivity contribution is 5.87. The highest BCUT2D eigenvalue weighted by Gasteiger charge is 2.55. The number of H-pyrrole nitrogens is 2. The summed E-state index contributed by atoms with van der Waals surface area (Å²) in [5, 5.41) is 2.74. The van der Waals surface area contributed by atoms with Crippen LogP contribution in [0.15, 0.2) is 48.7 Å². The molecule has 0 radical (unpaired) electrons. The molecule has 12 nitrogen and oxygen atoms in total. The van der Waals surface area contributed by atoms with E-state index in [1.165, 1.54) is 20.0 Å². The fraction of sp³-hybridized carbons (Fsp3) is 0.523. The number of hydrogen-bond donors (Lipinski definition) is 3. The average molecular weight is 760 g/mol. The molecule has 4 fully saturated rings. The van der Waals surface area contributed by atoms with Crippen LogP contribution in [0.3, 0.4) is 0 Å². The maximum atomic E-state index is 14.0. The summed E-state index contributed by atoms with van der Waals surface area (Å²) < 4.78 is 11.1. The zero-order valence-corrected chi connectivity index (χ0v) is 33.3. The van der Waals surface area contributed by atoms with Gasteiger partial charge in [-0.25, -0.2) is 14.8 Å². The molecule has 3 amide bonds. The Bertz CT molecular complexity index is 2180. The number of imidazole rings is 2. The van der Waals surface area contributed by atoms with Crippen molar-refractivity contribution in [2.75, 3.05) is 26.8 Å². The molecule has 12 heteroatoms. The molecule has 5 heterocycles. The van der Waals surface area contributed by atoms with E-state index in [1.807, 2.05) is 74.3 Å². The number of alkyl carbamates (subject to hydrolysis) is 1. The van der Waals surface area contributed by atoms with Crippen molar-refractivity contribution in [2.24, 2.45) is 23.2 Å². The first-order chi connectivity index (χ1) is 26.9. The summed E-state index contributed by atoms with van der Waals surface area (Å²) in [6.07, 6.45) is 7.02. The predicted molar refractivity (Wildman–Crippen MR) is 212 cm³/mol. The highest BCUT2D eigenvalue weighted by Crippen LogP contribution is 2.58. The smallest absolute Gasteiger partial charge is 0.407 e. The lowest BCUT2D eigenvalue weighted by Gasteiger charge is -2.30. The minimum atomic E-state index is -0.744. The fourth-order valence-corrected chi connectivity index (χ4v) is 8.76. The number of hydrogen-bond acceptors (Lipinski definition) is 7. The Kier molecular flexibility index (Phi) is 9.94. The number of likely N-dealkylation sites (tertiary alicyclic amines) is 2. The third kappa shape index (κ3) is 7.29. The Morgan fingerprint density at radius 2 is 1.59 bits per heavy atom. The molecular formula is C44H53N7O5. The number of aromatic amines is 2. The number of aromatic nitrogens is 4. The first kappa shape index (κ1) is 37.8. The van der Waals surface area contributed by atoms with Crippen molar-refractivity contribution in [3.05, 3.63) is 71.4 Å². The van der Waals surface area contributed by atoms with Crippen LogP contribution in [0.2, 0.25) is 0 Å². The Hall–Kier alpha value is -5.15. The number of ether oxygens (including phenoxy) is 2. The summed E-state index contributed by atoms with van der Waals surface area (Å²) in [6.45, 7) is 12.0. The van der Waals surface area contributed by atoms with E-state index < -0.39 is 17.7 Å². The summed E-state index contributed by atoms with van der Waals surface area (Å²) >= 11 is 0. The number of nitrogens with zero attached hydrogens (tertiary/aromatic N) is 4. The van der Waals surface area contributed by atoms with Gasteiger partial charge >= 0.3 is 6.09 Å². The number of fused-ring (bicyclic) bond motifs is 1. The van der Waals surface area contributed by atoms with E-state index in [9.17, 15) is 14.4 Å². The van der Waals surface area contributed by atoms with E-state index in [4.69, 9.17) is 19.4 Å². The summed E-state index contributed by atoms with van der Waals surface area (Å²) in [4.78, 5) is 60.3. The summed E-state index contributed by atoms with van der Waals surface area (Å²) in [6, 6.07) is 12.9. The van der Waals surface area contributed by atoms with Crippen LogP contribution in [0.5, 0.6) is 0 Å². The third-order valence-corrected chi connectivity index (χ3v) is 12.7. The van der Waals surface area contributed by atoms with Gasteiger partial charge in [0.15, 0.2) is 0 Å². The van der Waals surface area contributed by atoms with E-state index in [2.05, 4.69) is 45.9 Å². The van der Waals surface area contributed by atoms with E-state index in [0.29, 0.717) is 31.3 Å². The van der Waals surface area contributed by atoms with Crippen molar-refractivity contribution in [1.82, 2.24) is 35.1 Å². The van der Waals surface area contributed by atoms with Crippen LogP contribution in [0.25, 0.3) is 22.3 Å². The average Bonchev–Trinajstić information content (AvgIpc) is 3.79. The van der Waals surface area contributed by atoms with Gasteiger partial charge in [0.05, 0.1) is 54.3 Å². The van der Waals surface area contributed by atoms with Crippen molar-refractivity contribution >= 4 is 28.9 Å². The van der Waals surface area contributed by atoms with E-state index >= 15 is 0 Å². The maximum Gasteiger partial charge on any atom is 0.407 e. The minimum Gasteiger partial charge on any atom is -0.453 e. The zero-order valence-electron chi connectivity index (χ0n) is 33.3. The van der Waals surface area contributed by atoms with Gasteiger partial charge in [-0.05, 0) is 85.3 Å². The first-order valence-electron chi connectivity index (χ1n) is 20.1. The summed E-state index contributed by atoms with van der Waals surface area (Å²) in [5.74, 6) is 8.34. The molecule has 56 heavy (non-hydrogen) atoms. The molecule has 2 aromatic carbocycles. The zero-order chi connectivity index (χ0) is 39.4. The molecule has 8 rings (SSSR count). The van der Waals surface area contributed by atoms with Crippen LogP contribution < -0.4 is 5.32 Å². The van der Waals surface area contributed by atoms with E-state index in [1.54, 1.807) is 0 Å². The van der Waals surface area contributed by atoms with Gasteiger partial charge in [-0.1, -0.05) is 58.6 Å². The quantitative estimate of drug-likeness (QED) is 0.166. The Balaban J connectivity index is 0.976. The van der Waals surface area contributed by atoms with Crippen LogP contribution in [0.4, 0.5) is 4.79 Å². The van der Waals surface area contributed by atoms with Crippen LogP contribution in [0, 0.1) is 35.0 Å². The lowest BCUT2D eigenvalue weighted by molar-refractivity contribution is -0.138. The topological polar surface area (TPSA) is 146 Å². The molecule has 4 aliphatic rings. The molecule has 2 spiro atoms. The molecular weight excluding hydrogens is 707 g/mol. The number of carbonyl (C=O) groups is 3. The fourth-order valence-electron chi connectivity index (χ4n) is 8.76. The van der Waals surface area contributed by atoms with Crippen LogP contribution >= 0.6 is 0 Å². The normalized spacial score (nSPS) is 23.6. The van der Waals surface area contributed by atoms with Crippen molar-refractivity contribution < 1.29 is 23.9 Å². The number of amides is 3. The molecule has 5 atom stereocenters. The number of rotatable bonds is 8. The van der Waals surface area contributed by atoms with Gasteiger partial charge in [-0.3, -0.25) is 9.59 Å². The third-order valence-electron chi connectivity index (χ3n) is 12.7. The van der Waals surface area contributed by atoms with Gasteiger partial charge in [-0.15, -0.1) is 0 Å². The van der Waals surface area contributed by atoms with Crippen LogP contribution in [0.1, 0.15) is 108 Å². The van der Waals surface area contributed by atoms with Crippen molar-refractivity contribution in [1.29, 1.82) is 0 Å². The minimum absolute atomic E-state index is 0.0153. The highest BCUT2D eigenvalue weighted by atomic mass is 16.5. The summed E-state index contributed by atoms with van der Waals surface area (Å²) in [5.41, 5.74) is 5.11. The van der Waals surface area contributed by atoms with Gasteiger partial charge in [0, 0.05) is 36.6 Å². The Labute approximate surface area is 328 Å². The monoisotopic (exact) mass is 759 g/mol. The van der Waals surface area contributed by atoms with Gasteiger partial charge in [0.25, 0.3) is 0 Å². The van der Waals surface area contributed by atoms with Gasteiger partial charge < -0.3 is 34.6 Å². The molecule has 1 aliphatic carbocycles. The maximum absolute atomic E-state index is 14.0. The van der Waals surface area contributed by atoms with Crippen molar-refractivity contribution in [3.63, 3.8) is 0 Å². The van der Waals surface area contributed by atoms with Gasteiger partial charge in [-0.2, -0.15) is 0 Å². The number of methoxy groups -OCH3 is 1. The van der Waals surface area contributed by atoms with E-state index in [-0.39, 0.29) is 41.1 Å². The molecule has 3 N–H and O–H groups in total. The number of benzene rings is 2. The molecule has 3 saturated heterocycles. The van der Waals surface area contributed by atoms with Crippen molar-refractivity contribution in [3.8, 4) is 23.1 Å². The van der Waals surface area contributed by atoms with E-state index in [0.717, 1.165) is 65.0 Å². The SMILES string of the molecule is COC(=O)N[C@H](C(=O)N1C[C@]2(CCCO2)C[C@H]1c1nc2ccc(C#Cc3ccc(-c4cnc([C@@H]5CC6(CC6)CN5C(=O)[C@@H](C)C(C)C)[nH]4)cc3)cc2[nH]1)C(C)C.